The molecule has 2 saturated heterocycles. The van der Waals surface area contributed by atoms with Crippen LogP contribution in [0, 0.1) is 17.8 Å². The number of likely N-dealkylation sites (tertiary alicyclic amines) is 1. The predicted molar refractivity (Wildman–Crippen MR) is 109 cm³/mol. The highest BCUT2D eigenvalue weighted by molar-refractivity contribution is 6.05. The zero-order valence-electron chi connectivity index (χ0n) is 16.9. The molecule has 3 fully saturated rings. The molecule has 3 heterocycles. The Morgan fingerprint density at radius 1 is 0.964 bits per heavy atom. The van der Waals surface area contributed by atoms with E-state index in [0.717, 1.165) is 70.6 Å². The minimum atomic E-state index is -0.0316. The first-order valence-corrected chi connectivity index (χ1v) is 10.9. The standard InChI is InChI=1S/C22H32N4O2/c1-17-7-8-18-19(16-17)22(28)26(21(18)27)11-5-4-10-24-12-14-25(15-13-24)20-6-2-3-9-23-20/h2-3,6,9,17-19H,4-5,7-8,10-16H2,1H3. The van der Waals surface area contributed by atoms with Gasteiger partial charge in [0.25, 0.3) is 0 Å². The number of nitrogens with zero attached hydrogens (tertiary/aromatic N) is 4. The minimum Gasteiger partial charge on any atom is -0.354 e. The Morgan fingerprint density at radius 2 is 1.71 bits per heavy atom. The number of imide groups is 1. The zero-order chi connectivity index (χ0) is 19.5. The number of rotatable bonds is 6. The molecule has 2 aliphatic heterocycles. The van der Waals surface area contributed by atoms with Crippen LogP contribution in [0.1, 0.15) is 39.0 Å². The lowest BCUT2D eigenvalue weighted by Gasteiger charge is -2.35. The van der Waals surface area contributed by atoms with E-state index in [2.05, 4.69) is 27.8 Å². The molecule has 0 N–H and O–H groups in total. The molecule has 1 saturated carbocycles. The van der Waals surface area contributed by atoms with Crippen molar-refractivity contribution in [3.8, 4) is 0 Å². The van der Waals surface area contributed by atoms with Crippen LogP contribution < -0.4 is 4.90 Å². The first-order valence-electron chi connectivity index (χ1n) is 10.9. The lowest BCUT2D eigenvalue weighted by Crippen LogP contribution is -2.47. The van der Waals surface area contributed by atoms with Crippen molar-refractivity contribution < 1.29 is 9.59 Å². The molecule has 28 heavy (non-hydrogen) atoms. The second-order valence-electron chi connectivity index (χ2n) is 8.68. The van der Waals surface area contributed by atoms with Gasteiger partial charge in [0, 0.05) is 38.9 Å². The molecule has 6 heteroatoms. The van der Waals surface area contributed by atoms with Gasteiger partial charge in [0.15, 0.2) is 0 Å². The van der Waals surface area contributed by atoms with Crippen molar-refractivity contribution in [1.82, 2.24) is 14.8 Å². The third-order valence-electron chi connectivity index (χ3n) is 6.73. The largest absolute Gasteiger partial charge is 0.354 e. The van der Waals surface area contributed by atoms with Crippen molar-refractivity contribution >= 4 is 17.6 Å². The number of carbonyl (C=O) groups is 2. The lowest BCUT2D eigenvalue weighted by atomic mass is 9.76. The average molecular weight is 385 g/mol. The second kappa shape index (κ2) is 8.60. The van der Waals surface area contributed by atoms with Gasteiger partial charge in [-0.25, -0.2) is 4.98 Å². The summed E-state index contributed by atoms with van der Waals surface area (Å²) >= 11 is 0. The summed E-state index contributed by atoms with van der Waals surface area (Å²) in [6.07, 6.45) is 6.66. The van der Waals surface area contributed by atoms with Gasteiger partial charge in [0.1, 0.15) is 5.82 Å². The number of piperazine rings is 1. The van der Waals surface area contributed by atoms with Crippen LogP contribution in [0.3, 0.4) is 0 Å². The number of hydrogen-bond donors (Lipinski definition) is 0. The summed E-state index contributed by atoms with van der Waals surface area (Å²) in [5, 5.41) is 0. The van der Waals surface area contributed by atoms with E-state index < -0.39 is 0 Å². The summed E-state index contributed by atoms with van der Waals surface area (Å²) in [6, 6.07) is 6.05. The van der Waals surface area contributed by atoms with Crippen LogP contribution in [0.2, 0.25) is 0 Å². The summed E-state index contributed by atoms with van der Waals surface area (Å²) < 4.78 is 0. The SMILES string of the molecule is CC1CCC2C(=O)N(CCCCN3CCN(c4ccccn4)CC3)C(=O)C2C1. The Balaban J connectivity index is 1.18. The van der Waals surface area contributed by atoms with Crippen LogP contribution in [0.5, 0.6) is 0 Å². The Morgan fingerprint density at radius 3 is 2.46 bits per heavy atom. The van der Waals surface area contributed by atoms with Gasteiger partial charge in [-0.15, -0.1) is 0 Å². The van der Waals surface area contributed by atoms with E-state index in [-0.39, 0.29) is 23.7 Å². The first-order chi connectivity index (χ1) is 13.6. The summed E-state index contributed by atoms with van der Waals surface area (Å²) in [6.45, 7) is 7.93. The Labute approximate surface area is 167 Å². The highest BCUT2D eigenvalue weighted by Crippen LogP contribution is 2.40. The van der Waals surface area contributed by atoms with E-state index in [0.29, 0.717) is 12.5 Å². The normalized spacial score (nSPS) is 28.7. The molecule has 0 aromatic carbocycles. The Kier molecular flexibility index (Phi) is 5.95. The molecule has 0 spiro atoms. The average Bonchev–Trinajstić information content (AvgIpc) is 2.96. The number of aromatic nitrogens is 1. The topological polar surface area (TPSA) is 56.8 Å². The van der Waals surface area contributed by atoms with E-state index in [1.54, 1.807) is 4.90 Å². The second-order valence-corrected chi connectivity index (χ2v) is 8.68. The molecule has 3 aliphatic rings. The van der Waals surface area contributed by atoms with E-state index in [4.69, 9.17) is 0 Å². The van der Waals surface area contributed by atoms with Gasteiger partial charge < -0.3 is 4.90 Å². The number of amides is 2. The molecule has 3 unspecified atom stereocenters. The van der Waals surface area contributed by atoms with Crippen molar-refractivity contribution in [2.45, 2.75) is 39.0 Å². The summed E-state index contributed by atoms with van der Waals surface area (Å²) in [7, 11) is 0. The van der Waals surface area contributed by atoms with Crippen molar-refractivity contribution in [2.75, 3.05) is 44.2 Å². The lowest BCUT2D eigenvalue weighted by molar-refractivity contribution is -0.140. The van der Waals surface area contributed by atoms with Gasteiger partial charge in [0.2, 0.25) is 11.8 Å². The fourth-order valence-corrected chi connectivity index (χ4v) is 5.03. The predicted octanol–water partition coefficient (Wildman–Crippen LogP) is 2.41. The molecule has 0 bridgehead atoms. The van der Waals surface area contributed by atoms with Crippen LogP contribution >= 0.6 is 0 Å². The fourth-order valence-electron chi connectivity index (χ4n) is 5.03. The molecule has 152 valence electrons. The van der Waals surface area contributed by atoms with E-state index >= 15 is 0 Å². The first kappa shape index (κ1) is 19.4. The molecule has 6 nitrogen and oxygen atoms in total. The maximum Gasteiger partial charge on any atom is 0.233 e. The van der Waals surface area contributed by atoms with Crippen LogP contribution in [0.15, 0.2) is 24.4 Å². The Bertz CT molecular complexity index is 687. The highest BCUT2D eigenvalue weighted by atomic mass is 16.2. The molecular formula is C22H32N4O2. The van der Waals surface area contributed by atoms with Crippen molar-refractivity contribution in [2.24, 2.45) is 17.8 Å². The van der Waals surface area contributed by atoms with Gasteiger partial charge in [-0.2, -0.15) is 0 Å². The number of pyridine rings is 1. The van der Waals surface area contributed by atoms with Gasteiger partial charge in [0.05, 0.1) is 11.8 Å². The molecule has 1 aromatic heterocycles. The van der Waals surface area contributed by atoms with Crippen molar-refractivity contribution in [1.29, 1.82) is 0 Å². The van der Waals surface area contributed by atoms with Crippen molar-refractivity contribution in [3.63, 3.8) is 0 Å². The highest BCUT2D eigenvalue weighted by Gasteiger charge is 2.48. The fraction of sp³-hybridized carbons (Fsp3) is 0.682. The van der Waals surface area contributed by atoms with Gasteiger partial charge in [-0.05, 0) is 56.7 Å². The van der Waals surface area contributed by atoms with Gasteiger partial charge in [-0.1, -0.05) is 13.0 Å². The number of unbranched alkanes of at least 4 members (excludes halogenated alkanes) is 1. The summed E-state index contributed by atoms with van der Waals surface area (Å²) in [5.74, 6) is 1.78. The molecule has 1 aromatic rings. The molecule has 2 amide bonds. The smallest absolute Gasteiger partial charge is 0.233 e. The molecule has 3 atom stereocenters. The molecule has 4 rings (SSSR count). The summed E-state index contributed by atoms with van der Waals surface area (Å²) in [5.41, 5.74) is 0. The Hall–Kier alpha value is -1.95. The molecular weight excluding hydrogens is 352 g/mol. The van der Waals surface area contributed by atoms with Crippen LogP contribution in [0.25, 0.3) is 0 Å². The van der Waals surface area contributed by atoms with Gasteiger partial charge >= 0.3 is 0 Å². The monoisotopic (exact) mass is 384 g/mol. The minimum absolute atomic E-state index is 0.0247. The van der Waals surface area contributed by atoms with E-state index in [1.807, 2.05) is 18.3 Å². The van der Waals surface area contributed by atoms with E-state index in [1.165, 1.54) is 0 Å². The maximum atomic E-state index is 12.6. The number of carbonyl (C=O) groups excluding carboxylic acids is 2. The number of fused-ring (bicyclic) bond motifs is 1. The third-order valence-corrected chi connectivity index (χ3v) is 6.73. The number of hydrogen-bond acceptors (Lipinski definition) is 5. The maximum absolute atomic E-state index is 12.6. The third kappa shape index (κ3) is 4.07. The van der Waals surface area contributed by atoms with Crippen LogP contribution in [-0.4, -0.2) is 65.9 Å². The molecule has 0 radical (unpaired) electrons. The summed E-state index contributed by atoms with van der Waals surface area (Å²) in [4.78, 5) is 36.1. The van der Waals surface area contributed by atoms with Crippen LogP contribution in [0.4, 0.5) is 5.82 Å². The number of anilines is 1. The van der Waals surface area contributed by atoms with Crippen molar-refractivity contribution in [3.05, 3.63) is 24.4 Å². The van der Waals surface area contributed by atoms with E-state index in [9.17, 15) is 9.59 Å². The molecule has 1 aliphatic carbocycles. The van der Waals surface area contributed by atoms with Crippen LogP contribution in [-0.2, 0) is 9.59 Å². The zero-order valence-corrected chi connectivity index (χ0v) is 16.9. The quantitative estimate of drug-likeness (QED) is 0.557. The van der Waals surface area contributed by atoms with Gasteiger partial charge in [-0.3, -0.25) is 19.4 Å².